The third-order valence-electron chi connectivity index (χ3n) is 8.54. The Hall–Kier alpha value is -2.72. The maximum Gasteiger partial charge on any atom is 0.395 e. The molecule has 1 N–H and O–H groups in total. The van der Waals surface area contributed by atoms with E-state index in [9.17, 15) is 23.1 Å². The summed E-state index contributed by atoms with van der Waals surface area (Å²) in [4.78, 5) is 25.1. The molecule has 10 heteroatoms. The summed E-state index contributed by atoms with van der Waals surface area (Å²) in [5, 5.41) is 9.49. The lowest BCUT2D eigenvalue weighted by atomic mass is 9.67. The Kier molecular flexibility index (Phi) is 7.90. The molecule has 206 valence electrons. The zero-order valence-corrected chi connectivity index (χ0v) is 21.5. The van der Waals surface area contributed by atoms with Crippen molar-refractivity contribution < 1.29 is 27.8 Å². The number of nitrogens with zero attached hydrogens (tertiary/aromatic N) is 4. The van der Waals surface area contributed by atoms with E-state index < -0.39 is 11.6 Å². The summed E-state index contributed by atoms with van der Waals surface area (Å²) < 4.78 is 46.2. The third kappa shape index (κ3) is 5.66. The van der Waals surface area contributed by atoms with Crippen molar-refractivity contribution in [2.45, 2.75) is 57.2 Å². The summed E-state index contributed by atoms with van der Waals surface area (Å²) in [6.45, 7) is 2.52. The van der Waals surface area contributed by atoms with Crippen molar-refractivity contribution in [3.63, 3.8) is 0 Å². The van der Waals surface area contributed by atoms with Gasteiger partial charge in [-0.3, -0.25) is 4.79 Å². The number of hydrogen-bond donors (Lipinski definition) is 1. The molecule has 3 fully saturated rings. The molecule has 1 aliphatic carbocycles. The van der Waals surface area contributed by atoms with E-state index in [0.717, 1.165) is 36.8 Å². The zero-order valence-electron chi connectivity index (χ0n) is 21.5. The van der Waals surface area contributed by atoms with E-state index in [1.165, 1.54) is 0 Å². The fourth-order valence-electron chi connectivity index (χ4n) is 5.87. The number of alkyl halides is 3. The molecule has 0 bridgehead atoms. The van der Waals surface area contributed by atoms with Crippen LogP contribution < -0.4 is 4.74 Å². The number of likely N-dealkylation sites (tertiary alicyclic amines) is 2. The second-order valence-electron chi connectivity index (χ2n) is 11.0. The maximum absolute atomic E-state index is 13.5. The van der Waals surface area contributed by atoms with Gasteiger partial charge in [-0.25, -0.2) is 9.97 Å². The van der Waals surface area contributed by atoms with Crippen LogP contribution in [0.5, 0.6) is 6.01 Å². The lowest BCUT2D eigenvalue weighted by molar-refractivity contribution is -0.256. The van der Waals surface area contributed by atoms with Crippen LogP contribution in [0, 0.1) is 11.3 Å². The number of carbonyl (C=O) groups excluding carboxylic acids is 1. The standard InChI is InChI=1S/C28H35F3N4O3/c29-28(30,31)27(10-2-11-27)19-34-13-8-20(9-14-34)18-38-26-32-15-23(16-33-26)21-4-6-22(7-5-21)25(37)35-12-1-3-24(35)17-36/h4-7,15-16,20,24,36H,1-3,8-14,17-19H2. The number of aliphatic hydroxyl groups excluding tert-OH is 1. The molecule has 3 aliphatic rings. The highest BCUT2D eigenvalue weighted by atomic mass is 19.4. The normalized spacial score (nSPS) is 22.3. The Bertz CT molecular complexity index is 1080. The van der Waals surface area contributed by atoms with E-state index in [-0.39, 0.29) is 49.9 Å². The minimum Gasteiger partial charge on any atom is -0.463 e. The molecule has 1 atom stereocenters. The first-order valence-corrected chi connectivity index (χ1v) is 13.5. The number of benzene rings is 1. The Balaban J connectivity index is 1.09. The number of halogens is 3. The van der Waals surface area contributed by atoms with Crippen LogP contribution in [0.25, 0.3) is 11.1 Å². The van der Waals surface area contributed by atoms with Gasteiger partial charge in [-0.15, -0.1) is 0 Å². The summed E-state index contributed by atoms with van der Waals surface area (Å²) >= 11 is 0. The quantitative estimate of drug-likeness (QED) is 0.537. The SMILES string of the molecule is O=C(c1ccc(-c2cnc(OCC3CCN(CC4(C(F)(F)F)CCC4)CC3)nc2)cc1)N1CCCC1CO. The molecule has 0 spiro atoms. The van der Waals surface area contributed by atoms with Gasteiger partial charge >= 0.3 is 12.2 Å². The first-order chi connectivity index (χ1) is 18.3. The van der Waals surface area contributed by atoms with Gasteiger partial charge in [0, 0.05) is 36.6 Å². The molecule has 2 aromatic rings. The predicted molar refractivity (Wildman–Crippen MR) is 136 cm³/mol. The minimum absolute atomic E-state index is 0.0165. The Morgan fingerprint density at radius 1 is 1.00 bits per heavy atom. The molecule has 1 aromatic carbocycles. The van der Waals surface area contributed by atoms with Crippen LogP contribution in [0.15, 0.2) is 36.7 Å². The molecule has 2 aliphatic heterocycles. The van der Waals surface area contributed by atoms with Gasteiger partial charge in [-0.05, 0) is 75.2 Å². The van der Waals surface area contributed by atoms with Gasteiger partial charge in [0.25, 0.3) is 5.91 Å². The van der Waals surface area contributed by atoms with E-state index in [4.69, 9.17) is 4.74 Å². The van der Waals surface area contributed by atoms with Crippen LogP contribution in [-0.4, -0.2) is 82.4 Å². The largest absolute Gasteiger partial charge is 0.463 e. The summed E-state index contributed by atoms with van der Waals surface area (Å²) in [6, 6.07) is 7.45. The van der Waals surface area contributed by atoms with Gasteiger partial charge in [-0.2, -0.15) is 13.2 Å². The van der Waals surface area contributed by atoms with E-state index in [1.807, 2.05) is 17.0 Å². The van der Waals surface area contributed by atoms with Crippen molar-refractivity contribution in [3.05, 3.63) is 42.2 Å². The second-order valence-corrected chi connectivity index (χ2v) is 11.0. The van der Waals surface area contributed by atoms with Gasteiger partial charge in [0.2, 0.25) is 0 Å². The summed E-state index contributed by atoms with van der Waals surface area (Å²) in [7, 11) is 0. The van der Waals surface area contributed by atoms with Crippen molar-refractivity contribution in [1.82, 2.24) is 19.8 Å². The Morgan fingerprint density at radius 3 is 2.26 bits per heavy atom. The lowest BCUT2D eigenvalue weighted by Crippen LogP contribution is -2.53. The number of ether oxygens (including phenoxy) is 1. The number of amides is 1. The molecule has 0 radical (unpaired) electrons. The Labute approximate surface area is 221 Å². The van der Waals surface area contributed by atoms with Crippen molar-refractivity contribution in [2.75, 3.05) is 39.4 Å². The number of aromatic nitrogens is 2. The number of carbonyl (C=O) groups is 1. The smallest absolute Gasteiger partial charge is 0.395 e. The average molecular weight is 533 g/mol. The fourth-order valence-corrected chi connectivity index (χ4v) is 5.87. The van der Waals surface area contributed by atoms with Crippen molar-refractivity contribution in [1.29, 1.82) is 0 Å². The third-order valence-corrected chi connectivity index (χ3v) is 8.54. The molecular formula is C28H35F3N4O3. The number of aliphatic hydroxyl groups is 1. The van der Waals surface area contributed by atoms with Gasteiger partial charge in [0.05, 0.1) is 24.7 Å². The highest BCUT2D eigenvalue weighted by Gasteiger charge is 2.58. The number of piperidine rings is 1. The molecule has 38 heavy (non-hydrogen) atoms. The summed E-state index contributed by atoms with van der Waals surface area (Å²) in [5.41, 5.74) is 0.762. The van der Waals surface area contributed by atoms with Crippen LogP contribution in [0.3, 0.4) is 0 Å². The highest BCUT2D eigenvalue weighted by Crippen LogP contribution is 2.53. The maximum atomic E-state index is 13.5. The molecular weight excluding hydrogens is 497 g/mol. The van der Waals surface area contributed by atoms with Crippen LogP contribution in [0.1, 0.15) is 55.3 Å². The number of rotatable bonds is 8. The summed E-state index contributed by atoms with van der Waals surface area (Å²) in [5.74, 6) is 0.200. The van der Waals surface area contributed by atoms with E-state index in [1.54, 1.807) is 29.4 Å². The lowest BCUT2D eigenvalue weighted by Gasteiger charge is -2.47. The second kappa shape index (κ2) is 11.2. The van der Waals surface area contributed by atoms with E-state index in [2.05, 4.69) is 9.97 Å². The minimum atomic E-state index is -4.12. The van der Waals surface area contributed by atoms with Crippen LogP contribution in [0.2, 0.25) is 0 Å². The molecule has 2 saturated heterocycles. The fraction of sp³-hybridized carbons (Fsp3) is 0.607. The Morgan fingerprint density at radius 2 is 1.68 bits per heavy atom. The molecule has 1 saturated carbocycles. The molecule has 1 aromatic heterocycles. The molecule has 1 unspecified atom stereocenters. The van der Waals surface area contributed by atoms with Gasteiger partial charge < -0.3 is 19.6 Å². The molecule has 5 rings (SSSR count). The highest BCUT2D eigenvalue weighted by molar-refractivity contribution is 5.95. The van der Waals surface area contributed by atoms with Crippen molar-refractivity contribution in [2.24, 2.45) is 11.3 Å². The van der Waals surface area contributed by atoms with Crippen LogP contribution in [-0.2, 0) is 0 Å². The average Bonchev–Trinajstić information content (AvgIpc) is 3.38. The first-order valence-electron chi connectivity index (χ1n) is 13.5. The topological polar surface area (TPSA) is 78.8 Å². The van der Waals surface area contributed by atoms with Crippen molar-refractivity contribution in [3.8, 4) is 17.1 Å². The zero-order chi connectivity index (χ0) is 26.8. The van der Waals surface area contributed by atoms with Crippen LogP contribution >= 0.6 is 0 Å². The molecule has 1 amide bonds. The monoisotopic (exact) mass is 532 g/mol. The van der Waals surface area contributed by atoms with E-state index >= 15 is 0 Å². The van der Waals surface area contributed by atoms with Gasteiger partial charge in [-0.1, -0.05) is 18.6 Å². The molecule has 3 heterocycles. The first kappa shape index (κ1) is 26.9. The van der Waals surface area contributed by atoms with Crippen molar-refractivity contribution >= 4 is 5.91 Å². The summed E-state index contributed by atoms with van der Waals surface area (Å²) in [6.07, 6.45) is 3.73. The predicted octanol–water partition coefficient (Wildman–Crippen LogP) is 4.56. The number of hydrogen-bond acceptors (Lipinski definition) is 6. The van der Waals surface area contributed by atoms with Gasteiger partial charge in [0.1, 0.15) is 0 Å². The van der Waals surface area contributed by atoms with Crippen LogP contribution in [0.4, 0.5) is 13.2 Å². The van der Waals surface area contributed by atoms with E-state index in [0.29, 0.717) is 38.2 Å². The van der Waals surface area contributed by atoms with Gasteiger partial charge in [0.15, 0.2) is 0 Å². The molecule has 7 nitrogen and oxygen atoms in total.